The number of anilines is 1. The van der Waals surface area contributed by atoms with E-state index in [1.165, 1.54) is 0 Å². The van der Waals surface area contributed by atoms with E-state index in [1.807, 2.05) is 30.3 Å². The molecule has 9 nitrogen and oxygen atoms in total. The van der Waals surface area contributed by atoms with Crippen molar-refractivity contribution in [1.29, 1.82) is 0 Å². The topological polar surface area (TPSA) is 120 Å². The van der Waals surface area contributed by atoms with Crippen LogP contribution in [0.4, 0.5) is 16.2 Å². The largest absolute Gasteiger partial charge is 0.618 e. The lowest BCUT2D eigenvalue weighted by molar-refractivity contribution is -0.617. The number of halogens is 1. The van der Waals surface area contributed by atoms with E-state index in [2.05, 4.69) is 26.6 Å². The van der Waals surface area contributed by atoms with Crippen LogP contribution < -0.4 is 15.4 Å². The molecule has 0 aliphatic heterocycles. The van der Waals surface area contributed by atoms with E-state index in [1.54, 1.807) is 0 Å². The highest BCUT2D eigenvalue weighted by atomic mass is 79.9. The van der Waals surface area contributed by atoms with Gasteiger partial charge in [-0.15, -0.1) is 0 Å². The van der Waals surface area contributed by atoms with Crippen molar-refractivity contribution >= 4 is 33.4 Å². The zero-order chi connectivity index (χ0) is 18.9. The molecular formula is C16H17BrN4O5. The normalized spacial score (nSPS) is 10.2. The molecule has 0 aliphatic rings. The fourth-order valence-corrected chi connectivity index (χ4v) is 2.38. The van der Waals surface area contributed by atoms with Crippen LogP contribution in [-0.2, 0) is 11.3 Å². The van der Waals surface area contributed by atoms with Gasteiger partial charge in [-0.2, -0.15) is 4.73 Å². The van der Waals surface area contributed by atoms with Gasteiger partial charge in [-0.05, 0) is 12.0 Å². The molecule has 138 valence electrons. The zero-order valence-electron chi connectivity index (χ0n) is 13.7. The molecule has 26 heavy (non-hydrogen) atoms. The molecule has 0 unspecified atom stereocenters. The second-order valence-corrected chi connectivity index (χ2v) is 6.06. The highest BCUT2D eigenvalue weighted by molar-refractivity contribution is 9.10. The molecule has 0 saturated carbocycles. The Hall–Kier alpha value is -2.88. The Labute approximate surface area is 157 Å². The first kappa shape index (κ1) is 19.4. The van der Waals surface area contributed by atoms with E-state index < -0.39 is 11.0 Å². The predicted molar refractivity (Wildman–Crippen MR) is 97.5 cm³/mol. The van der Waals surface area contributed by atoms with Gasteiger partial charge >= 0.3 is 11.8 Å². The molecule has 0 atom stereocenters. The Morgan fingerprint density at radius 1 is 1.27 bits per heavy atom. The average molecular weight is 425 g/mol. The van der Waals surface area contributed by atoms with E-state index in [9.17, 15) is 20.1 Å². The molecule has 1 heterocycles. The maximum Gasteiger partial charge on any atom is 0.407 e. The fourth-order valence-electron chi connectivity index (χ4n) is 2.06. The number of carbonyl (C=O) groups excluding carboxylic acids is 1. The van der Waals surface area contributed by atoms with Gasteiger partial charge in [0, 0.05) is 29.0 Å². The Kier molecular flexibility index (Phi) is 7.15. The third kappa shape index (κ3) is 5.88. The predicted octanol–water partition coefficient (Wildman–Crippen LogP) is 2.72. The highest BCUT2D eigenvalue weighted by Crippen LogP contribution is 2.24. The van der Waals surface area contributed by atoms with Gasteiger partial charge in [0.15, 0.2) is 5.69 Å². The molecule has 0 fully saturated rings. The number of carbonyl (C=O) groups is 1. The molecule has 0 saturated heterocycles. The van der Waals surface area contributed by atoms with Crippen LogP contribution in [0, 0.1) is 15.3 Å². The summed E-state index contributed by atoms with van der Waals surface area (Å²) in [6, 6.07) is 10.4. The minimum atomic E-state index is -0.577. The Bertz CT molecular complexity index is 773. The minimum Gasteiger partial charge on any atom is -0.618 e. The van der Waals surface area contributed by atoms with Gasteiger partial charge in [-0.25, -0.2) is 4.79 Å². The lowest BCUT2D eigenvalue weighted by Gasteiger charge is -2.09. The second-order valence-electron chi connectivity index (χ2n) is 5.25. The van der Waals surface area contributed by atoms with Gasteiger partial charge in [0.05, 0.1) is 11.0 Å². The maximum atomic E-state index is 11.6. The van der Waals surface area contributed by atoms with E-state index >= 15 is 0 Å². The van der Waals surface area contributed by atoms with Crippen molar-refractivity contribution in [2.45, 2.75) is 13.0 Å². The molecular weight excluding hydrogens is 408 g/mol. The first-order valence-corrected chi connectivity index (χ1v) is 8.52. The van der Waals surface area contributed by atoms with Crippen molar-refractivity contribution in [3.05, 3.63) is 68.1 Å². The average Bonchev–Trinajstić information content (AvgIpc) is 2.63. The van der Waals surface area contributed by atoms with E-state index in [4.69, 9.17) is 4.74 Å². The third-order valence-electron chi connectivity index (χ3n) is 3.34. The monoisotopic (exact) mass is 424 g/mol. The van der Waals surface area contributed by atoms with Gasteiger partial charge in [0.1, 0.15) is 6.61 Å². The lowest BCUT2D eigenvalue weighted by atomic mass is 10.2. The number of nitro groups is 1. The summed E-state index contributed by atoms with van der Waals surface area (Å²) < 4.78 is 5.60. The van der Waals surface area contributed by atoms with Crippen molar-refractivity contribution in [2.75, 3.05) is 18.4 Å². The first-order valence-electron chi connectivity index (χ1n) is 7.73. The van der Waals surface area contributed by atoms with E-state index in [0.717, 1.165) is 17.8 Å². The first-order chi connectivity index (χ1) is 12.5. The van der Waals surface area contributed by atoms with Crippen molar-refractivity contribution in [3.63, 3.8) is 0 Å². The molecule has 0 spiro atoms. The number of nitrogens with one attached hydrogen (secondary N) is 2. The standard InChI is InChI=1S/C16H17BrN4O5/c17-15-9-14(21(24)25)13(10-20(15)23)18-7-4-8-19-16(22)26-11-12-5-2-1-3-6-12/h1-3,5-6,9-10,18H,4,7-8,11H2,(H,19,22). The fraction of sp³-hybridized carbons (Fsp3) is 0.250. The number of hydrogen-bond donors (Lipinski definition) is 2. The Morgan fingerprint density at radius 3 is 2.69 bits per heavy atom. The summed E-state index contributed by atoms with van der Waals surface area (Å²) in [7, 11) is 0. The van der Waals surface area contributed by atoms with Crippen LogP contribution in [0.1, 0.15) is 12.0 Å². The second kappa shape index (κ2) is 9.56. The van der Waals surface area contributed by atoms with Crippen LogP contribution in [-0.4, -0.2) is 24.1 Å². The molecule has 2 N–H and O–H groups in total. The van der Waals surface area contributed by atoms with Crippen LogP contribution in [0.2, 0.25) is 0 Å². The van der Waals surface area contributed by atoms with Crippen molar-refractivity contribution in [3.8, 4) is 0 Å². The SMILES string of the molecule is O=C(NCCCNc1c[n+]([O-])c(Br)cc1[N+](=O)[O-])OCc1ccccc1. The van der Waals surface area contributed by atoms with Gasteiger partial charge in [0.25, 0.3) is 4.60 Å². The smallest absolute Gasteiger partial charge is 0.407 e. The summed E-state index contributed by atoms with van der Waals surface area (Å²) in [5.41, 5.74) is 0.789. The van der Waals surface area contributed by atoms with E-state index in [0.29, 0.717) is 24.2 Å². The molecule has 10 heteroatoms. The minimum absolute atomic E-state index is 0.0533. The van der Waals surface area contributed by atoms with Crippen molar-refractivity contribution in [2.24, 2.45) is 0 Å². The Balaban J connectivity index is 1.71. The number of rotatable bonds is 8. The van der Waals surface area contributed by atoms with Crippen LogP contribution in [0.3, 0.4) is 0 Å². The van der Waals surface area contributed by atoms with Crippen molar-refractivity contribution < 1.29 is 19.2 Å². The number of amides is 1. The molecule has 2 rings (SSSR count). The number of nitrogens with zero attached hydrogens (tertiary/aromatic N) is 2. The summed E-state index contributed by atoms with van der Waals surface area (Å²) in [4.78, 5) is 22.0. The van der Waals surface area contributed by atoms with Crippen LogP contribution >= 0.6 is 15.9 Å². The summed E-state index contributed by atoms with van der Waals surface area (Å²) in [5, 5.41) is 27.9. The summed E-state index contributed by atoms with van der Waals surface area (Å²) in [5.74, 6) is 0. The van der Waals surface area contributed by atoms with Gasteiger partial charge in [-0.1, -0.05) is 30.3 Å². The van der Waals surface area contributed by atoms with Crippen LogP contribution in [0.5, 0.6) is 0 Å². The number of alkyl carbamates (subject to hydrolysis) is 1. The molecule has 1 aromatic heterocycles. The molecule has 1 amide bonds. The van der Waals surface area contributed by atoms with Crippen LogP contribution in [0.15, 0.2) is 47.2 Å². The molecule has 0 radical (unpaired) electrons. The molecule has 1 aromatic carbocycles. The number of hydrogen-bond acceptors (Lipinski definition) is 6. The van der Waals surface area contributed by atoms with Gasteiger partial charge < -0.3 is 20.6 Å². The molecule has 0 bridgehead atoms. The zero-order valence-corrected chi connectivity index (χ0v) is 15.3. The van der Waals surface area contributed by atoms with Crippen molar-refractivity contribution in [1.82, 2.24) is 5.32 Å². The maximum absolute atomic E-state index is 11.6. The summed E-state index contributed by atoms with van der Waals surface area (Å²) in [6.45, 7) is 0.837. The number of ether oxygens (including phenoxy) is 1. The molecule has 2 aromatic rings. The number of benzene rings is 1. The van der Waals surface area contributed by atoms with E-state index in [-0.39, 0.29) is 22.6 Å². The summed E-state index contributed by atoms with van der Waals surface area (Å²) in [6.07, 6.45) is 1.04. The lowest BCUT2D eigenvalue weighted by Crippen LogP contribution is -2.29. The highest BCUT2D eigenvalue weighted by Gasteiger charge is 2.20. The van der Waals surface area contributed by atoms with Gasteiger partial charge in [-0.3, -0.25) is 10.1 Å². The molecule has 0 aliphatic carbocycles. The van der Waals surface area contributed by atoms with Crippen LogP contribution in [0.25, 0.3) is 0 Å². The number of pyridine rings is 1. The number of aromatic nitrogens is 1. The van der Waals surface area contributed by atoms with Gasteiger partial charge in [0.2, 0.25) is 6.20 Å². The summed E-state index contributed by atoms with van der Waals surface area (Å²) >= 11 is 2.95. The quantitative estimate of drug-likeness (QED) is 0.168. The Morgan fingerprint density at radius 2 is 2.00 bits per heavy atom. The third-order valence-corrected chi connectivity index (χ3v) is 3.91.